The van der Waals surface area contributed by atoms with Crippen LogP contribution in [-0.4, -0.2) is 31.7 Å². The summed E-state index contributed by atoms with van der Waals surface area (Å²) in [5.74, 6) is -0.305. The number of carbonyl (C=O) groups is 1. The van der Waals surface area contributed by atoms with E-state index in [0.29, 0.717) is 10.9 Å². The lowest BCUT2D eigenvalue weighted by Crippen LogP contribution is -2.51. The summed E-state index contributed by atoms with van der Waals surface area (Å²) in [5.41, 5.74) is 1.93. The largest absolute Gasteiger partial charge is 0.358 e. The van der Waals surface area contributed by atoms with Gasteiger partial charge in [-0.2, -0.15) is 4.31 Å². The first-order chi connectivity index (χ1) is 11.4. The van der Waals surface area contributed by atoms with Gasteiger partial charge in [0.2, 0.25) is 15.9 Å². The zero-order valence-corrected chi connectivity index (χ0v) is 15.5. The number of hydrogen-bond donors (Lipinski definition) is 1. The van der Waals surface area contributed by atoms with E-state index in [1.54, 1.807) is 24.3 Å². The van der Waals surface area contributed by atoms with E-state index in [9.17, 15) is 13.2 Å². The van der Waals surface area contributed by atoms with E-state index in [4.69, 9.17) is 0 Å². The van der Waals surface area contributed by atoms with E-state index in [-0.39, 0.29) is 17.3 Å². The molecule has 5 nitrogen and oxygen atoms in total. The van der Waals surface area contributed by atoms with Gasteiger partial charge in [-0.1, -0.05) is 36.4 Å². The van der Waals surface area contributed by atoms with Gasteiger partial charge in [-0.05, 0) is 45.6 Å². The number of likely N-dealkylation sites (N-methyl/N-ethyl adjacent to an activating group) is 1. The second-order valence-electron chi connectivity index (χ2n) is 5.58. The molecule has 1 amide bonds. The standard InChI is InChI=1S/C17H17BrN2O3S/c1-19-17(21)15-10-12-6-2-3-7-13(12)11-20(15)24(22,23)16-9-5-4-8-14(16)18/h2-9,15H,10-11H2,1H3,(H,19,21)/t15-/m0/s1. The Morgan fingerprint density at radius 2 is 1.75 bits per heavy atom. The predicted octanol–water partition coefficient (Wildman–Crippen LogP) is 2.31. The summed E-state index contributed by atoms with van der Waals surface area (Å²) in [6.45, 7) is 0.178. The fourth-order valence-electron chi connectivity index (χ4n) is 2.92. The van der Waals surface area contributed by atoms with E-state index >= 15 is 0 Å². The minimum absolute atomic E-state index is 0.165. The van der Waals surface area contributed by atoms with Gasteiger partial charge in [-0.25, -0.2) is 8.42 Å². The number of rotatable bonds is 3. The Hall–Kier alpha value is -1.70. The molecule has 1 aliphatic heterocycles. The Morgan fingerprint density at radius 1 is 1.12 bits per heavy atom. The minimum atomic E-state index is -3.81. The second-order valence-corrected chi connectivity index (χ2v) is 8.30. The average Bonchev–Trinajstić information content (AvgIpc) is 2.60. The zero-order valence-electron chi connectivity index (χ0n) is 13.1. The van der Waals surface area contributed by atoms with Crippen molar-refractivity contribution >= 4 is 31.9 Å². The first-order valence-electron chi connectivity index (χ1n) is 7.50. The van der Waals surface area contributed by atoms with E-state index in [1.165, 1.54) is 11.4 Å². The monoisotopic (exact) mass is 408 g/mol. The van der Waals surface area contributed by atoms with Gasteiger partial charge in [0.25, 0.3) is 0 Å². The number of amides is 1. The molecule has 2 aromatic carbocycles. The molecule has 1 atom stereocenters. The number of carbonyl (C=O) groups excluding carboxylic acids is 1. The molecule has 24 heavy (non-hydrogen) atoms. The highest BCUT2D eigenvalue weighted by Gasteiger charge is 2.39. The van der Waals surface area contributed by atoms with Gasteiger partial charge in [0, 0.05) is 18.1 Å². The van der Waals surface area contributed by atoms with Crippen LogP contribution in [0.5, 0.6) is 0 Å². The van der Waals surface area contributed by atoms with Crippen molar-refractivity contribution in [1.82, 2.24) is 9.62 Å². The summed E-state index contributed by atoms with van der Waals surface area (Å²) in [4.78, 5) is 12.5. The fourth-order valence-corrected chi connectivity index (χ4v) is 5.45. The summed E-state index contributed by atoms with van der Waals surface area (Å²) < 4.78 is 28.1. The van der Waals surface area contributed by atoms with Gasteiger partial charge in [0.05, 0.1) is 4.90 Å². The first-order valence-corrected chi connectivity index (χ1v) is 9.73. The smallest absolute Gasteiger partial charge is 0.245 e. The van der Waals surface area contributed by atoms with Crippen LogP contribution in [-0.2, 0) is 27.8 Å². The quantitative estimate of drug-likeness (QED) is 0.846. The molecule has 0 unspecified atom stereocenters. The van der Waals surface area contributed by atoms with Crippen molar-refractivity contribution in [2.24, 2.45) is 0 Å². The molecule has 1 heterocycles. The highest BCUT2D eigenvalue weighted by Crippen LogP contribution is 2.32. The Kier molecular flexibility index (Phi) is 4.76. The van der Waals surface area contributed by atoms with Gasteiger partial charge in [0.1, 0.15) is 6.04 Å². The summed E-state index contributed by atoms with van der Waals surface area (Å²) in [7, 11) is -2.29. The first kappa shape index (κ1) is 17.1. The molecule has 0 aromatic heterocycles. The third kappa shape index (κ3) is 2.99. The molecule has 126 valence electrons. The highest BCUT2D eigenvalue weighted by atomic mass is 79.9. The van der Waals surface area contributed by atoms with Gasteiger partial charge >= 0.3 is 0 Å². The highest BCUT2D eigenvalue weighted by molar-refractivity contribution is 9.10. The van der Waals surface area contributed by atoms with E-state index in [2.05, 4.69) is 21.2 Å². The molecule has 0 saturated heterocycles. The molecule has 1 N–H and O–H groups in total. The molecule has 0 fully saturated rings. The molecule has 0 aliphatic carbocycles. The van der Waals surface area contributed by atoms with Crippen molar-refractivity contribution in [3.63, 3.8) is 0 Å². The Morgan fingerprint density at radius 3 is 2.42 bits per heavy atom. The molecule has 1 aliphatic rings. The maximum atomic E-state index is 13.2. The molecule has 0 radical (unpaired) electrons. The van der Waals surface area contributed by atoms with E-state index < -0.39 is 16.1 Å². The second kappa shape index (κ2) is 6.66. The maximum absolute atomic E-state index is 13.2. The molecule has 2 aromatic rings. The van der Waals surface area contributed by atoms with Crippen LogP contribution < -0.4 is 5.32 Å². The van der Waals surface area contributed by atoms with E-state index in [1.807, 2.05) is 24.3 Å². The zero-order chi connectivity index (χ0) is 17.3. The third-order valence-electron chi connectivity index (χ3n) is 4.18. The lowest BCUT2D eigenvalue weighted by Gasteiger charge is -2.34. The Labute approximate surface area is 149 Å². The fraction of sp³-hybridized carbons (Fsp3) is 0.235. The van der Waals surface area contributed by atoms with E-state index in [0.717, 1.165) is 11.1 Å². The average molecular weight is 409 g/mol. The van der Waals surface area contributed by atoms with Crippen molar-refractivity contribution in [2.75, 3.05) is 7.05 Å². The predicted molar refractivity (Wildman–Crippen MR) is 94.9 cm³/mol. The number of hydrogen-bond acceptors (Lipinski definition) is 3. The van der Waals surface area contributed by atoms with Crippen LogP contribution in [0.1, 0.15) is 11.1 Å². The van der Waals surface area contributed by atoms with Crippen LogP contribution in [0.25, 0.3) is 0 Å². The molecule has 0 bridgehead atoms. The topological polar surface area (TPSA) is 66.5 Å². The molecule has 0 spiro atoms. The van der Waals surface area contributed by atoms with Crippen molar-refractivity contribution < 1.29 is 13.2 Å². The van der Waals surface area contributed by atoms with Gasteiger partial charge in [-0.15, -0.1) is 0 Å². The third-order valence-corrected chi connectivity index (χ3v) is 7.04. The Bertz CT molecular complexity index is 883. The molecule has 7 heteroatoms. The van der Waals surface area contributed by atoms with Gasteiger partial charge in [-0.3, -0.25) is 4.79 Å². The van der Waals surface area contributed by atoms with Gasteiger partial charge < -0.3 is 5.32 Å². The van der Waals surface area contributed by atoms with Crippen LogP contribution in [0.2, 0.25) is 0 Å². The maximum Gasteiger partial charge on any atom is 0.245 e. The SMILES string of the molecule is CNC(=O)[C@@H]1Cc2ccccc2CN1S(=O)(=O)c1ccccc1Br. The van der Waals surface area contributed by atoms with Crippen LogP contribution in [0.4, 0.5) is 0 Å². The molecule has 3 rings (SSSR count). The lowest BCUT2D eigenvalue weighted by molar-refractivity contribution is -0.124. The molecular weight excluding hydrogens is 392 g/mol. The summed E-state index contributed by atoms with van der Waals surface area (Å²) in [5, 5.41) is 2.58. The number of nitrogens with zero attached hydrogens (tertiary/aromatic N) is 1. The van der Waals surface area contributed by atoms with Crippen LogP contribution in [0, 0.1) is 0 Å². The van der Waals surface area contributed by atoms with Crippen molar-refractivity contribution in [3.05, 3.63) is 64.1 Å². The summed E-state index contributed by atoms with van der Waals surface area (Å²) in [6, 6.07) is 13.5. The van der Waals surface area contributed by atoms with Crippen LogP contribution in [0.15, 0.2) is 57.9 Å². The minimum Gasteiger partial charge on any atom is -0.358 e. The number of benzene rings is 2. The number of nitrogens with one attached hydrogen (secondary N) is 1. The normalized spacial score (nSPS) is 18.0. The van der Waals surface area contributed by atoms with Crippen molar-refractivity contribution in [1.29, 1.82) is 0 Å². The molecule has 0 saturated carbocycles. The van der Waals surface area contributed by atoms with Crippen LogP contribution >= 0.6 is 15.9 Å². The van der Waals surface area contributed by atoms with Crippen molar-refractivity contribution in [2.45, 2.75) is 23.9 Å². The summed E-state index contributed by atoms with van der Waals surface area (Å²) in [6.07, 6.45) is 0.361. The number of halogens is 1. The number of sulfonamides is 1. The number of fused-ring (bicyclic) bond motifs is 1. The van der Waals surface area contributed by atoms with Gasteiger partial charge in [0.15, 0.2) is 0 Å². The van der Waals surface area contributed by atoms with Crippen LogP contribution in [0.3, 0.4) is 0 Å². The van der Waals surface area contributed by atoms with Crippen molar-refractivity contribution in [3.8, 4) is 0 Å². The Balaban J connectivity index is 2.10. The summed E-state index contributed by atoms with van der Waals surface area (Å²) >= 11 is 3.30. The molecular formula is C17H17BrN2O3S. The lowest BCUT2D eigenvalue weighted by atomic mass is 9.95.